The molecule has 0 bridgehead atoms. The highest BCUT2D eigenvalue weighted by atomic mass is 31.2. The van der Waals surface area contributed by atoms with Crippen molar-refractivity contribution < 1.29 is 32.9 Å². The first kappa shape index (κ1) is 52.2. The predicted octanol–water partition coefficient (Wildman–Crippen LogP) is 12.4. The van der Waals surface area contributed by atoms with E-state index >= 15 is 0 Å². The molecule has 0 aromatic carbocycles. The minimum Gasteiger partial charge on any atom is -0.387 e. The van der Waals surface area contributed by atoms with E-state index < -0.39 is 20.0 Å². The molecular weight excluding hydrogens is 683 g/mol. The number of phosphoric ester groups is 1. The Hall–Kier alpha value is -0.760. The van der Waals surface area contributed by atoms with Gasteiger partial charge < -0.3 is 19.8 Å². The Balaban J connectivity index is 4.38. The van der Waals surface area contributed by atoms with E-state index in [0.717, 1.165) is 38.5 Å². The third kappa shape index (κ3) is 39.3. The number of amides is 1. The predicted molar refractivity (Wildman–Crippen MR) is 226 cm³/mol. The van der Waals surface area contributed by atoms with Crippen LogP contribution in [0.15, 0.2) is 12.2 Å². The molecule has 0 aliphatic carbocycles. The third-order valence-corrected chi connectivity index (χ3v) is 11.2. The molecular formula is C44H90N2O6P+. The number of quaternary nitrogens is 1. The van der Waals surface area contributed by atoms with Crippen molar-refractivity contribution in [3.05, 3.63) is 12.2 Å². The van der Waals surface area contributed by atoms with Gasteiger partial charge in [-0.2, -0.15) is 0 Å². The van der Waals surface area contributed by atoms with Crippen molar-refractivity contribution in [2.24, 2.45) is 0 Å². The van der Waals surface area contributed by atoms with Crippen LogP contribution in [0.3, 0.4) is 0 Å². The molecule has 0 spiro atoms. The zero-order chi connectivity index (χ0) is 39.3. The molecule has 0 radical (unpaired) electrons. The number of likely N-dealkylation sites (N-methyl/N-ethyl adjacent to an activating group) is 1. The normalized spacial score (nSPS) is 14.5. The van der Waals surface area contributed by atoms with Gasteiger partial charge >= 0.3 is 7.82 Å². The molecule has 0 saturated heterocycles. The van der Waals surface area contributed by atoms with Crippen LogP contribution in [0.2, 0.25) is 0 Å². The number of nitrogens with one attached hydrogen (secondary N) is 1. The summed E-state index contributed by atoms with van der Waals surface area (Å²) in [7, 11) is 1.58. The van der Waals surface area contributed by atoms with Crippen molar-refractivity contribution in [3.63, 3.8) is 0 Å². The van der Waals surface area contributed by atoms with Crippen LogP contribution in [-0.4, -0.2) is 73.4 Å². The summed E-state index contributed by atoms with van der Waals surface area (Å²) in [6.45, 7) is 4.83. The lowest BCUT2D eigenvalue weighted by molar-refractivity contribution is -0.870. The van der Waals surface area contributed by atoms with Gasteiger partial charge in [-0.3, -0.25) is 13.8 Å². The van der Waals surface area contributed by atoms with Gasteiger partial charge in [0.1, 0.15) is 13.2 Å². The van der Waals surface area contributed by atoms with Crippen molar-refractivity contribution in [3.8, 4) is 0 Å². The number of aliphatic hydroxyl groups is 1. The van der Waals surface area contributed by atoms with E-state index in [1.165, 1.54) is 154 Å². The number of rotatable bonds is 41. The minimum absolute atomic E-state index is 0.0646. The van der Waals surface area contributed by atoms with Crippen LogP contribution < -0.4 is 5.32 Å². The van der Waals surface area contributed by atoms with Gasteiger partial charge in [0.25, 0.3) is 0 Å². The summed E-state index contributed by atoms with van der Waals surface area (Å²) in [6.07, 6.45) is 41.3. The second-order valence-electron chi connectivity index (χ2n) is 16.8. The van der Waals surface area contributed by atoms with Gasteiger partial charge in [0.05, 0.1) is 39.9 Å². The van der Waals surface area contributed by atoms with Crippen LogP contribution in [0.5, 0.6) is 0 Å². The lowest BCUT2D eigenvalue weighted by atomic mass is 10.0. The van der Waals surface area contributed by atoms with Gasteiger partial charge in [-0.15, -0.1) is 0 Å². The summed E-state index contributed by atoms with van der Waals surface area (Å²) >= 11 is 0. The van der Waals surface area contributed by atoms with E-state index in [9.17, 15) is 19.4 Å². The van der Waals surface area contributed by atoms with E-state index in [2.05, 4.69) is 19.2 Å². The van der Waals surface area contributed by atoms with Gasteiger partial charge in [0, 0.05) is 6.42 Å². The zero-order valence-corrected chi connectivity index (χ0v) is 36.7. The molecule has 0 aliphatic rings. The Morgan fingerprint density at radius 3 is 1.40 bits per heavy atom. The highest BCUT2D eigenvalue weighted by Crippen LogP contribution is 2.43. The summed E-state index contributed by atoms with van der Waals surface area (Å²) in [5.41, 5.74) is 0. The van der Waals surface area contributed by atoms with E-state index in [1.807, 2.05) is 27.2 Å². The maximum atomic E-state index is 12.9. The lowest BCUT2D eigenvalue weighted by Gasteiger charge is -2.25. The summed E-state index contributed by atoms with van der Waals surface area (Å²) < 4.78 is 23.6. The maximum absolute atomic E-state index is 12.9. The largest absolute Gasteiger partial charge is 0.472 e. The number of unbranched alkanes of at least 4 members (excludes halogenated alkanes) is 28. The molecule has 1 amide bonds. The molecule has 0 aromatic heterocycles. The van der Waals surface area contributed by atoms with E-state index in [-0.39, 0.29) is 19.1 Å². The molecule has 0 rings (SSSR count). The highest BCUT2D eigenvalue weighted by molar-refractivity contribution is 7.47. The van der Waals surface area contributed by atoms with Crippen LogP contribution in [-0.2, 0) is 18.4 Å². The fourth-order valence-corrected chi connectivity index (χ4v) is 7.37. The number of phosphoric acid groups is 1. The van der Waals surface area contributed by atoms with Crippen LogP contribution in [0, 0.1) is 0 Å². The first-order chi connectivity index (χ1) is 25.5. The SMILES string of the molecule is CCCCCCCCCCCCCC/C=C/C(O)C(COP(=O)(O)OCC[N+](C)(C)C)NC(=O)CCCCCCCCCCCCCCCCCCC. The Kier molecular flexibility index (Phi) is 36.3. The molecule has 3 atom stereocenters. The number of hydrogen-bond donors (Lipinski definition) is 3. The van der Waals surface area contributed by atoms with Crippen LogP contribution in [0.25, 0.3) is 0 Å². The standard InChI is InChI=1S/C44H89N2O6P/c1-6-8-10-12-14-16-18-20-22-23-24-26-28-30-32-34-36-38-44(48)45-42(41-52-53(49,50)51-40-39-46(3,4)5)43(47)37-35-33-31-29-27-25-21-19-17-15-13-11-9-7-2/h35,37,42-43,47H,6-34,36,38-41H2,1-5H3,(H-,45,48,49,50)/p+1/b37-35+. The number of nitrogens with zero attached hydrogens (tertiary/aromatic N) is 1. The summed E-state index contributed by atoms with van der Waals surface area (Å²) in [4.78, 5) is 23.1. The van der Waals surface area contributed by atoms with E-state index in [1.54, 1.807) is 6.08 Å². The zero-order valence-electron chi connectivity index (χ0n) is 35.8. The van der Waals surface area contributed by atoms with Crippen molar-refractivity contribution >= 4 is 13.7 Å². The van der Waals surface area contributed by atoms with Gasteiger partial charge in [-0.05, 0) is 19.3 Å². The lowest BCUT2D eigenvalue weighted by Crippen LogP contribution is -2.45. The van der Waals surface area contributed by atoms with Crippen LogP contribution in [0.4, 0.5) is 0 Å². The van der Waals surface area contributed by atoms with E-state index in [0.29, 0.717) is 17.4 Å². The Morgan fingerprint density at radius 2 is 1.00 bits per heavy atom. The second-order valence-corrected chi connectivity index (χ2v) is 18.2. The van der Waals surface area contributed by atoms with Gasteiger partial charge in [0.2, 0.25) is 5.91 Å². The van der Waals surface area contributed by atoms with Crippen molar-refractivity contribution in [1.29, 1.82) is 0 Å². The second kappa shape index (κ2) is 36.9. The van der Waals surface area contributed by atoms with Crippen LogP contribution in [0.1, 0.15) is 213 Å². The van der Waals surface area contributed by atoms with Crippen LogP contribution >= 0.6 is 7.82 Å². The monoisotopic (exact) mass is 774 g/mol. The molecule has 0 aromatic rings. The third-order valence-electron chi connectivity index (χ3n) is 10.3. The first-order valence-electron chi connectivity index (χ1n) is 22.6. The van der Waals surface area contributed by atoms with Crippen molar-refractivity contribution in [2.45, 2.75) is 225 Å². The fraction of sp³-hybridized carbons (Fsp3) is 0.932. The fourth-order valence-electron chi connectivity index (χ4n) is 6.63. The van der Waals surface area contributed by atoms with Gasteiger partial charge in [-0.1, -0.05) is 199 Å². The molecule has 0 fully saturated rings. The quantitative estimate of drug-likeness (QED) is 0.0247. The van der Waals surface area contributed by atoms with Crippen molar-refractivity contribution in [1.82, 2.24) is 5.32 Å². The smallest absolute Gasteiger partial charge is 0.387 e. The Bertz CT molecular complexity index is 880. The van der Waals surface area contributed by atoms with E-state index in [4.69, 9.17) is 9.05 Å². The average molecular weight is 774 g/mol. The first-order valence-corrected chi connectivity index (χ1v) is 24.1. The Morgan fingerprint density at radius 1 is 0.623 bits per heavy atom. The number of carbonyl (C=O) groups is 1. The number of allylic oxidation sites excluding steroid dienone is 1. The van der Waals surface area contributed by atoms with Crippen molar-refractivity contribution in [2.75, 3.05) is 40.9 Å². The minimum atomic E-state index is -4.33. The topological polar surface area (TPSA) is 105 Å². The van der Waals surface area contributed by atoms with Gasteiger partial charge in [0.15, 0.2) is 0 Å². The molecule has 3 unspecified atom stereocenters. The summed E-state index contributed by atoms with van der Waals surface area (Å²) in [6, 6.07) is -0.839. The van der Waals surface area contributed by atoms with Gasteiger partial charge in [-0.25, -0.2) is 4.57 Å². The molecule has 53 heavy (non-hydrogen) atoms. The molecule has 0 saturated carbocycles. The molecule has 9 heteroatoms. The Labute approximate surface area is 329 Å². The molecule has 0 aliphatic heterocycles. The highest BCUT2D eigenvalue weighted by Gasteiger charge is 2.27. The molecule has 316 valence electrons. The summed E-state index contributed by atoms with van der Waals surface area (Å²) in [5, 5.41) is 13.8. The number of aliphatic hydroxyl groups excluding tert-OH is 1. The molecule has 3 N–H and O–H groups in total. The molecule has 0 heterocycles. The molecule has 8 nitrogen and oxygen atoms in total. The number of carbonyl (C=O) groups excluding carboxylic acids is 1. The summed E-state index contributed by atoms with van der Waals surface area (Å²) in [5.74, 6) is -0.174. The maximum Gasteiger partial charge on any atom is 0.472 e. The number of hydrogen-bond acceptors (Lipinski definition) is 5. The average Bonchev–Trinajstić information content (AvgIpc) is 3.10.